The minimum absolute atomic E-state index is 0.572. The molecular weight excluding hydrogens is 759 g/mol. The summed E-state index contributed by atoms with van der Waals surface area (Å²) in [4.78, 5) is 25.8. The third-order valence-corrected chi connectivity index (χ3v) is 12.2. The Morgan fingerprint density at radius 3 is 1.65 bits per heavy atom. The van der Waals surface area contributed by atoms with Gasteiger partial charge in [0.2, 0.25) is 11.9 Å². The first-order chi connectivity index (χ1) is 30.7. The van der Waals surface area contributed by atoms with E-state index in [0.29, 0.717) is 23.5 Å². The van der Waals surface area contributed by atoms with Crippen LogP contribution in [0.15, 0.2) is 200 Å². The van der Waals surface area contributed by atoms with Crippen LogP contribution in [0.2, 0.25) is 0 Å². The van der Waals surface area contributed by atoms with Gasteiger partial charge in [-0.2, -0.15) is 9.97 Å². The van der Waals surface area contributed by atoms with Crippen LogP contribution >= 0.6 is 0 Å². The summed E-state index contributed by atoms with van der Waals surface area (Å²) in [5.74, 6) is 2.47. The lowest BCUT2D eigenvalue weighted by molar-refractivity contribution is 0.953. The van der Waals surface area contributed by atoms with Gasteiger partial charge in [0.1, 0.15) is 0 Å². The molecule has 0 spiro atoms. The number of fused-ring (bicyclic) bond motifs is 4. The second kappa shape index (κ2) is 13.5. The maximum atomic E-state index is 5.32. The molecule has 13 aromatic rings. The van der Waals surface area contributed by atoms with Crippen LogP contribution < -0.4 is 0 Å². The van der Waals surface area contributed by atoms with Gasteiger partial charge in [0.15, 0.2) is 11.6 Å². The predicted octanol–water partition coefficient (Wildman–Crippen LogP) is 13.3. The minimum atomic E-state index is 0.572. The Labute approximate surface area is 355 Å². The molecule has 4 aromatic heterocycles. The first-order valence-electron chi connectivity index (χ1n) is 20.8. The van der Waals surface area contributed by atoms with Gasteiger partial charge in [0.25, 0.3) is 0 Å². The predicted molar refractivity (Wildman–Crippen MR) is 252 cm³/mol. The van der Waals surface area contributed by atoms with Gasteiger partial charge in [-0.25, -0.2) is 15.0 Å². The van der Waals surface area contributed by atoms with Crippen LogP contribution in [0.4, 0.5) is 0 Å². The second-order valence-electron chi connectivity index (χ2n) is 15.7. The number of hydrogen-bond acceptors (Lipinski definition) is 5. The molecule has 0 saturated heterocycles. The summed E-state index contributed by atoms with van der Waals surface area (Å²) in [5, 5.41) is 8.03. The van der Waals surface area contributed by atoms with Crippen molar-refractivity contribution < 1.29 is 0 Å². The van der Waals surface area contributed by atoms with E-state index in [1.54, 1.807) is 0 Å². The zero-order valence-corrected chi connectivity index (χ0v) is 33.2. The molecule has 0 aliphatic carbocycles. The molecule has 9 aromatic carbocycles. The summed E-state index contributed by atoms with van der Waals surface area (Å²) >= 11 is 0. The van der Waals surface area contributed by atoms with E-state index in [1.165, 1.54) is 21.5 Å². The normalized spacial score (nSPS) is 11.9. The van der Waals surface area contributed by atoms with Crippen LogP contribution in [0, 0.1) is 0 Å². The third-order valence-electron chi connectivity index (χ3n) is 12.2. The van der Waals surface area contributed by atoms with Crippen LogP contribution in [0.3, 0.4) is 0 Å². The van der Waals surface area contributed by atoms with Gasteiger partial charge in [-0.05, 0) is 58.3 Å². The van der Waals surface area contributed by atoms with Crippen LogP contribution in [0.5, 0.6) is 0 Å². The zero-order chi connectivity index (χ0) is 40.7. The van der Waals surface area contributed by atoms with E-state index >= 15 is 0 Å². The molecule has 0 saturated carbocycles. The van der Waals surface area contributed by atoms with Gasteiger partial charge < -0.3 is 0 Å². The molecular formula is C55H33N7. The SMILES string of the molecule is c1ccc(-c2nc(-c3ccccc3)nc(-n3c4ccccc4c4cc(-c5ccc6c7c5ccc5cccc(c57)n6-c5nc(-c6ccccc6)c6ccccc6n5)ccc43)n2)cc1. The molecule has 0 aliphatic heterocycles. The molecule has 0 fully saturated rings. The average molecular weight is 792 g/mol. The molecule has 0 unspecified atom stereocenters. The number of benzene rings is 9. The largest absolute Gasteiger partial charge is 0.278 e. The van der Waals surface area contributed by atoms with E-state index in [4.69, 9.17) is 24.9 Å². The molecule has 0 aliphatic rings. The van der Waals surface area contributed by atoms with Crippen molar-refractivity contribution in [2.75, 3.05) is 0 Å². The zero-order valence-electron chi connectivity index (χ0n) is 33.2. The number of aromatic nitrogens is 7. The number of hydrogen-bond donors (Lipinski definition) is 0. The van der Waals surface area contributed by atoms with Crippen molar-refractivity contribution in [3.8, 4) is 57.1 Å². The highest BCUT2D eigenvalue weighted by Crippen LogP contribution is 2.44. The topological polar surface area (TPSA) is 74.3 Å². The Balaban J connectivity index is 1.02. The fourth-order valence-electron chi connectivity index (χ4n) is 9.39. The van der Waals surface area contributed by atoms with Crippen molar-refractivity contribution in [3.63, 3.8) is 0 Å². The molecule has 7 nitrogen and oxygen atoms in total. The first kappa shape index (κ1) is 34.3. The molecule has 13 rings (SSSR count). The van der Waals surface area contributed by atoms with Crippen molar-refractivity contribution in [2.45, 2.75) is 0 Å². The van der Waals surface area contributed by atoms with E-state index in [9.17, 15) is 0 Å². The molecule has 0 N–H and O–H groups in total. The smallest absolute Gasteiger partial charge is 0.238 e. The monoisotopic (exact) mass is 791 g/mol. The Bertz CT molecular complexity index is 3800. The molecule has 4 heterocycles. The van der Waals surface area contributed by atoms with Crippen molar-refractivity contribution in [1.82, 2.24) is 34.1 Å². The molecule has 288 valence electrons. The summed E-state index contributed by atoms with van der Waals surface area (Å²) < 4.78 is 4.42. The minimum Gasteiger partial charge on any atom is -0.278 e. The Morgan fingerprint density at radius 2 is 0.887 bits per heavy atom. The van der Waals surface area contributed by atoms with Gasteiger partial charge in [-0.3, -0.25) is 9.13 Å². The van der Waals surface area contributed by atoms with Crippen molar-refractivity contribution in [3.05, 3.63) is 200 Å². The summed E-state index contributed by atoms with van der Waals surface area (Å²) in [5.41, 5.74) is 11.2. The van der Waals surface area contributed by atoms with Gasteiger partial charge in [-0.15, -0.1) is 0 Å². The number of para-hydroxylation sites is 2. The molecule has 7 heteroatoms. The van der Waals surface area contributed by atoms with Gasteiger partial charge in [-0.1, -0.05) is 164 Å². The molecule has 0 atom stereocenters. The van der Waals surface area contributed by atoms with Crippen molar-refractivity contribution in [2.24, 2.45) is 0 Å². The van der Waals surface area contributed by atoms with Crippen LogP contribution in [-0.4, -0.2) is 34.1 Å². The van der Waals surface area contributed by atoms with Gasteiger partial charge in [0, 0.05) is 43.6 Å². The summed E-state index contributed by atoms with van der Waals surface area (Å²) in [6.45, 7) is 0. The third kappa shape index (κ3) is 5.22. The van der Waals surface area contributed by atoms with E-state index in [-0.39, 0.29) is 0 Å². The standard InChI is InChI=1S/C55H33N7/c1-4-15-35(16-5-1)51-42-23-10-12-24-44(42)56-54(57-51)62-47-26-14-21-34-27-29-41-39(30-32-48(62)50(41)49(34)47)38-28-31-46-43(33-38)40-22-11-13-25-45(40)61(46)55-59-52(36-17-6-2-7-18-36)58-53(60-55)37-19-8-3-9-20-37/h1-33H. The van der Waals surface area contributed by atoms with E-state index in [0.717, 1.165) is 77.3 Å². The Morgan fingerprint density at radius 1 is 0.306 bits per heavy atom. The van der Waals surface area contributed by atoms with E-state index in [2.05, 4.69) is 137 Å². The van der Waals surface area contributed by atoms with Crippen LogP contribution in [0.25, 0.3) is 122 Å². The quantitative estimate of drug-likeness (QED) is 0.157. The number of rotatable bonds is 6. The maximum Gasteiger partial charge on any atom is 0.238 e. The summed E-state index contributed by atoms with van der Waals surface area (Å²) in [7, 11) is 0. The Kier molecular flexibility index (Phi) is 7.47. The average Bonchev–Trinajstić information content (AvgIpc) is 3.87. The molecule has 0 bridgehead atoms. The lowest BCUT2D eigenvalue weighted by Crippen LogP contribution is -2.06. The highest BCUT2D eigenvalue weighted by molar-refractivity contribution is 6.26. The second-order valence-corrected chi connectivity index (χ2v) is 15.7. The van der Waals surface area contributed by atoms with Crippen LogP contribution in [0.1, 0.15) is 0 Å². The summed E-state index contributed by atoms with van der Waals surface area (Å²) in [6, 6.07) is 69.7. The number of nitrogens with zero attached hydrogens (tertiary/aromatic N) is 7. The van der Waals surface area contributed by atoms with Gasteiger partial charge in [0.05, 0.1) is 33.3 Å². The molecule has 62 heavy (non-hydrogen) atoms. The first-order valence-corrected chi connectivity index (χ1v) is 20.8. The highest BCUT2D eigenvalue weighted by atomic mass is 15.2. The molecule has 0 amide bonds. The van der Waals surface area contributed by atoms with Crippen LogP contribution in [-0.2, 0) is 0 Å². The highest BCUT2D eigenvalue weighted by Gasteiger charge is 2.23. The van der Waals surface area contributed by atoms with Gasteiger partial charge >= 0.3 is 0 Å². The van der Waals surface area contributed by atoms with Crippen molar-refractivity contribution >= 4 is 65.3 Å². The van der Waals surface area contributed by atoms with E-state index < -0.39 is 0 Å². The summed E-state index contributed by atoms with van der Waals surface area (Å²) in [6.07, 6.45) is 0. The molecule has 0 radical (unpaired) electrons. The lowest BCUT2D eigenvalue weighted by Gasteiger charge is -2.12. The fourth-order valence-corrected chi connectivity index (χ4v) is 9.39. The lowest BCUT2D eigenvalue weighted by atomic mass is 9.94. The maximum absolute atomic E-state index is 5.32. The Hall–Kier alpha value is -8.55. The van der Waals surface area contributed by atoms with Crippen molar-refractivity contribution in [1.29, 1.82) is 0 Å². The van der Waals surface area contributed by atoms with E-state index in [1.807, 2.05) is 72.8 Å². The fraction of sp³-hybridized carbons (Fsp3) is 0.